The molecule has 4 nitrogen and oxygen atoms in total. The monoisotopic (exact) mass is 279 g/mol. The van der Waals surface area contributed by atoms with Crippen molar-refractivity contribution in [2.75, 3.05) is 6.54 Å². The van der Waals surface area contributed by atoms with Crippen LogP contribution in [-0.4, -0.2) is 23.1 Å². The number of ether oxygens (including phenoxy) is 1. The Balaban J connectivity index is 2.14. The zero-order chi connectivity index (χ0) is 14.8. The summed E-state index contributed by atoms with van der Waals surface area (Å²) in [6.07, 6.45) is 3.72. The van der Waals surface area contributed by atoms with E-state index >= 15 is 0 Å². The van der Waals surface area contributed by atoms with Gasteiger partial charge in [-0.25, -0.2) is 4.79 Å². The van der Waals surface area contributed by atoms with Gasteiger partial charge >= 0.3 is 6.09 Å². The van der Waals surface area contributed by atoms with Crippen LogP contribution in [0, 0.1) is 0 Å². The van der Waals surface area contributed by atoms with Gasteiger partial charge in [-0.3, -0.25) is 4.90 Å². The van der Waals surface area contributed by atoms with Crippen molar-refractivity contribution in [3.63, 3.8) is 0 Å². The molecule has 1 aromatic heterocycles. The number of likely N-dealkylation sites (tertiary alicyclic amines) is 1. The molecular weight excluding hydrogens is 254 g/mol. The van der Waals surface area contributed by atoms with E-state index < -0.39 is 5.60 Å². The van der Waals surface area contributed by atoms with Crippen LogP contribution in [0.3, 0.4) is 0 Å². The van der Waals surface area contributed by atoms with E-state index in [1.165, 1.54) is 0 Å². The van der Waals surface area contributed by atoms with Crippen molar-refractivity contribution in [3.05, 3.63) is 23.7 Å². The minimum Gasteiger partial charge on any atom is -0.464 e. The van der Waals surface area contributed by atoms with Crippen molar-refractivity contribution < 1.29 is 13.9 Å². The number of aryl methyl sites for hydroxylation is 1. The van der Waals surface area contributed by atoms with Crippen LogP contribution < -0.4 is 0 Å². The third-order valence-corrected chi connectivity index (χ3v) is 3.49. The summed E-state index contributed by atoms with van der Waals surface area (Å²) >= 11 is 0. The fourth-order valence-electron chi connectivity index (χ4n) is 2.53. The zero-order valence-electron chi connectivity index (χ0n) is 12.9. The molecule has 2 heterocycles. The maximum Gasteiger partial charge on any atom is 0.410 e. The largest absolute Gasteiger partial charge is 0.464 e. The number of carbonyl (C=O) groups excluding carboxylic acids is 1. The summed E-state index contributed by atoms with van der Waals surface area (Å²) in [5.41, 5.74) is -0.461. The molecule has 1 unspecified atom stereocenters. The molecule has 0 bridgehead atoms. The van der Waals surface area contributed by atoms with Crippen molar-refractivity contribution in [1.82, 2.24) is 4.90 Å². The third-order valence-electron chi connectivity index (χ3n) is 3.49. The topological polar surface area (TPSA) is 42.7 Å². The first-order valence-corrected chi connectivity index (χ1v) is 7.49. The summed E-state index contributed by atoms with van der Waals surface area (Å²) < 4.78 is 11.3. The molecule has 0 spiro atoms. The molecule has 1 aliphatic rings. The third kappa shape index (κ3) is 3.56. The van der Waals surface area contributed by atoms with E-state index in [2.05, 4.69) is 6.92 Å². The molecule has 20 heavy (non-hydrogen) atoms. The molecule has 0 saturated carbocycles. The first kappa shape index (κ1) is 14.9. The summed E-state index contributed by atoms with van der Waals surface area (Å²) in [6, 6.07) is 4.00. The van der Waals surface area contributed by atoms with Gasteiger partial charge in [0.2, 0.25) is 0 Å². The maximum absolute atomic E-state index is 12.3. The lowest BCUT2D eigenvalue weighted by Crippen LogP contribution is -2.41. The van der Waals surface area contributed by atoms with Gasteiger partial charge in [-0.1, -0.05) is 6.92 Å². The molecule has 0 radical (unpaired) electrons. The number of carbonyl (C=O) groups is 1. The number of rotatable bonds is 2. The summed E-state index contributed by atoms with van der Waals surface area (Å²) in [6.45, 7) is 8.49. The van der Waals surface area contributed by atoms with Gasteiger partial charge in [-0.2, -0.15) is 0 Å². The summed E-state index contributed by atoms with van der Waals surface area (Å²) in [4.78, 5) is 14.1. The van der Waals surface area contributed by atoms with E-state index in [-0.39, 0.29) is 12.1 Å². The van der Waals surface area contributed by atoms with Crippen molar-refractivity contribution in [3.8, 4) is 0 Å². The first-order chi connectivity index (χ1) is 9.40. The van der Waals surface area contributed by atoms with Crippen molar-refractivity contribution >= 4 is 6.09 Å². The number of hydrogen-bond acceptors (Lipinski definition) is 3. The normalized spacial score (nSPS) is 20.0. The molecule has 112 valence electrons. The van der Waals surface area contributed by atoms with E-state index in [4.69, 9.17) is 9.15 Å². The van der Waals surface area contributed by atoms with Crippen LogP contribution >= 0.6 is 0 Å². The van der Waals surface area contributed by atoms with Crippen LogP contribution in [0.1, 0.15) is 64.5 Å². The van der Waals surface area contributed by atoms with E-state index in [0.717, 1.165) is 43.7 Å². The zero-order valence-corrected chi connectivity index (χ0v) is 12.9. The first-order valence-electron chi connectivity index (χ1n) is 7.49. The lowest BCUT2D eigenvalue weighted by molar-refractivity contribution is 0.00671. The predicted octanol–water partition coefficient (Wildman–Crippen LogP) is 4.30. The SMILES string of the molecule is CCc1ccc(C2CCCCN2C(=O)OC(C)(C)C)o1. The van der Waals surface area contributed by atoms with Crippen LogP contribution in [0.4, 0.5) is 4.79 Å². The Bertz CT molecular complexity index is 459. The molecule has 2 rings (SSSR count). The fourth-order valence-corrected chi connectivity index (χ4v) is 2.53. The Kier molecular flexibility index (Phi) is 4.41. The number of amides is 1. The van der Waals surface area contributed by atoms with E-state index in [1.807, 2.05) is 37.8 Å². The van der Waals surface area contributed by atoms with Gasteiger partial charge in [0.15, 0.2) is 0 Å². The molecule has 4 heteroatoms. The van der Waals surface area contributed by atoms with Crippen LogP contribution in [0.25, 0.3) is 0 Å². The van der Waals surface area contributed by atoms with Crippen molar-refractivity contribution in [2.24, 2.45) is 0 Å². The highest BCUT2D eigenvalue weighted by molar-refractivity contribution is 5.68. The standard InChI is InChI=1S/C16H25NO3/c1-5-12-9-10-14(19-12)13-8-6-7-11-17(13)15(18)20-16(2,3)4/h9-10,13H,5-8,11H2,1-4H3. The molecule has 1 amide bonds. The predicted molar refractivity (Wildman–Crippen MR) is 77.6 cm³/mol. The van der Waals surface area contributed by atoms with E-state index in [9.17, 15) is 4.79 Å². The summed E-state index contributed by atoms with van der Waals surface area (Å²) in [5, 5.41) is 0. The minimum absolute atomic E-state index is 0.0129. The Morgan fingerprint density at radius 1 is 1.40 bits per heavy atom. The molecule has 1 aromatic rings. The number of nitrogens with zero attached hydrogens (tertiary/aromatic N) is 1. The molecular formula is C16H25NO3. The van der Waals surface area contributed by atoms with Gasteiger partial charge in [0.25, 0.3) is 0 Å². The molecule has 0 aromatic carbocycles. The Morgan fingerprint density at radius 2 is 2.15 bits per heavy atom. The maximum atomic E-state index is 12.3. The highest BCUT2D eigenvalue weighted by atomic mass is 16.6. The van der Waals surface area contributed by atoms with Crippen LogP contribution in [0.15, 0.2) is 16.5 Å². The van der Waals surface area contributed by atoms with Gasteiger partial charge in [0, 0.05) is 13.0 Å². The number of furan rings is 1. The summed E-state index contributed by atoms with van der Waals surface area (Å²) in [7, 11) is 0. The van der Waals surface area contributed by atoms with Crippen LogP contribution in [0.2, 0.25) is 0 Å². The van der Waals surface area contributed by atoms with E-state index in [1.54, 1.807) is 0 Å². The number of hydrogen-bond donors (Lipinski definition) is 0. The fraction of sp³-hybridized carbons (Fsp3) is 0.688. The molecule has 1 atom stereocenters. The number of piperidine rings is 1. The molecule has 0 N–H and O–H groups in total. The Morgan fingerprint density at radius 3 is 2.75 bits per heavy atom. The Labute approximate surface area is 121 Å². The minimum atomic E-state index is -0.461. The lowest BCUT2D eigenvalue weighted by Gasteiger charge is -2.35. The quantitative estimate of drug-likeness (QED) is 0.810. The van der Waals surface area contributed by atoms with E-state index in [0.29, 0.717) is 0 Å². The van der Waals surface area contributed by atoms with Crippen molar-refractivity contribution in [2.45, 2.75) is 65.0 Å². The molecule has 1 saturated heterocycles. The van der Waals surface area contributed by atoms with Crippen LogP contribution in [0.5, 0.6) is 0 Å². The van der Waals surface area contributed by atoms with Gasteiger partial charge in [0.1, 0.15) is 17.1 Å². The highest BCUT2D eigenvalue weighted by Gasteiger charge is 2.33. The smallest absolute Gasteiger partial charge is 0.410 e. The second-order valence-electron chi connectivity index (χ2n) is 6.34. The molecule has 1 aliphatic heterocycles. The molecule has 1 fully saturated rings. The lowest BCUT2D eigenvalue weighted by atomic mass is 10.0. The van der Waals surface area contributed by atoms with Gasteiger partial charge in [-0.15, -0.1) is 0 Å². The highest BCUT2D eigenvalue weighted by Crippen LogP contribution is 2.33. The van der Waals surface area contributed by atoms with Gasteiger partial charge in [0.05, 0.1) is 6.04 Å². The second kappa shape index (κ2) is 5.90. The molecule has 0 aliphatic carbocycles. The second-order valence-corrected chi connectivity index (χ2v) is 6.34. The summed E-state index contributed by atoms with van der Waals surface area (Å²) in [5.74, 6) is 1.85. The van der Waals surface area contributed by atoms with Crippen LogP contribution in [-0.2, 0) is 11.2 Å². The Hall–Kier alpha value is -1.45. The van der Waals surface area contributed by atoms with Gasteiger partial charge in [-0.05, 0) is 52.2 Å². The average Bonchev–Trinajstić information content (AvgIpc) is 2.85. The van der Waals surface area contributed by atoms with Crippen molar-refractivity contribution in [1.29, 1.82) is 0 Å². The average molecular weight is 279 g/mol. The van der Waals surface area contributed by atoms with Gasteiger partial charge < -0.3 is 9.15 Å².